The highest BCUT2D eigenvalue weighted by Crippen LogP contribution is 2.32. The van der Waals surface area contributed by atoms with E-state index in [4.69, 9.17) is 21.7 Å². The molecular weight excluding hydrogens is 308 g/mol. The van der Waals surface area contributed by atoms with E-state index in [1.165, 1.54) is 11.1 Å². The molecule has 5 heteroatoms. The van der Waals surface area contributed by atoms with Crippen molar-refractivity contribution in [2.45, 2.75) is 19.9 Å². The van der Waals surface area contributed by atoms with Gasteiger partial charge in [0, 0.05) is 11.8 Å². The van der Waals surface area contributed by atoms with Crippen LogP contribution in [0.5, 0.6) is 11.5 Å². The highest BCUT2D eigenvalue weighted by molar-refractivity contribution is 7.80. The first-order valence-electron chi connectivity index (χ1n) is 7.65. The molecule has 0 aromatic heterocycles. The summed E-state index contributed by atoms with van der Waals surface area (Å²) in [6, 6.07) is 14.3. The zero-order valence-corrected chi connectivity index (χ0v) is 14.1. The van der Waals surface area contributed by atoms with E-state index in [9.17, 15) is 0 Å². The van der Waals surface area contributed by atoms with E-state index in [-0.39, 0.29) is 6.04 Å². The Hall–Kier alpha value is -2.27. The standard InChI is InChI=1S/C18H20N2O2S/c1-12-3-5-14(6-4-12)13(2)19-18(23)20-15-7-8-16-17(11-15)22-10-9-21-16/h3-8,11,13H,9-10H2,1-2H3,(H2,19,20,23). The van der Waals surface area contributed by atoms with Gasteiger partial charge in [-0.25, -0.2) is 0 Å². The molecule has 1 atom stereocenters. The number of thiocarbonyl (C=S) groups is 1. The number of benzene rings is 2. The molecule has 0 amide bonds. The maximum absolute atomic E-state index is 5.58. The second-order valence-corrected chi connectivity index (χ2v) is 6.00. The smallest absolute Gasteiger partial charge is 0.171 e. The van der Waals surface area contributed by atoms with Crippen LogP contribution < -0.4 is 20.1 Å². The van der Waals surface area contributed by atoms with Crippen LogP contribution in [0.1, 0.15) is 24.1 Å². The van der Waals surface area contributed by atoms with Gasteiger partial charge >= 0.3 is 0 Å². The van der Waals surface area contributed by atoms with Gasteiger partial charge in [0.15, 0.2) is 16.6 Å². The van der Waals surface area contributed by atoms with Gasteiger partial charge in [-0.05, 0) is 43.8 Å². The molecular formula is C18H20N2O2S. The molecule has 2 N–H and O–H groups in total. The Morgan fingerprint density at radius 3 is 2.48 bits per heavy atom. The molecule has 1 heterocycles. The summed E-state index contributed by atoms with van der Waals surface area (Å²) in [5.41, 5.74) is 3.32. The Kier molecular flexibility index (Phi) is 4.67. The van der Waals surface area contributed by atoms with E-state index in [0.717, 1.165) is 17.2 Å². The van der Waals surface area contributed by atoms with Crippen LogP contribution in [-0.4, -0.2) is 18.3 Å². The van der Waals surface area contributed by atoms with Crippen molar-refractivity contribution >= 4 is 23.0 Å². The third-order valence-corrected chi connectivity index (χ3v) is 3.94. The fraction of sp³-hybridized carbons (Fsp3) is 0.278. The number of hydrogen-bond acceptors (Lipinski definition) is 3. The Bertz CT molecular complexity index is 701. The summed E-state index contributed by atoms with van der Waals surface area (Å²) in [4.78, 5) is 0. The van der Waals surface area contributed by atoms with Crippen LogP contribution in [0.15, 0.2) is 42.5 Å². The van der Waals surface area contributed by atoms with Crippen LogP contribution in [0.4, 0.5) is 5.69 Å². The van der Waals surface area contributed by atoms with Crippen molar-refractivity contribution in [2.24, 2.45) is 0 Å². The molecule has 0 aliphatic carbocycles. The molecule has 0 spiro atoms. The molecule has 4 nitrogen and oxygen atoms in total. The van der Waals surface area contributed by atoms with E-state index < -0.39 is 0 Å². The highest BCUT2D eigenvalue weighted by atomic mass is 32.1. The predicted molar refractivity (Wildman–Crippen MR) is 96.4 cm³/mol. The summed E-state index contributed by atoms with van der Waals surface area (Å²) in [7, 11) is 0. The van der Waals surface area contributed by atoms with Gasteiger partial charge in [0.25, 0.3) is 0 Å². The van der Waals surface area contributed by atoms with E-state index in [2.05, 4.69) is 48.7 Å². The molecule has 0 bridgehead atoms. The number of fused-ring (bicyclic) bond motifs is 1. The van der Waals surface area contributed by atoms with E-state index in [0.29, 0.717) is 18.3 Å². The summed E-state index contributed by atoms with van der Waals surface area (Å²) in [5.74, 6) is 1.52. The normalized spacial score (nSPS) is 14.0. The van der Waals surface area contributed by atoms with E-state index in [1.54, 1.807) is 0 Å². The Morgan fingerprint density at radius 2 is 1.74 bits per heavy atom. The fourth-order valence-electron chi connectivity index (χ4n) is 2.42. The minimum Gasteiger partial charge on any atom is -0.486 e. The monoisotopic (exact) mass is 328 g/mol. The van der Waals surface area contributed by atoms with Crippen LogP contribution in [0.2, 0.25) is 0 Å². The molecule has 3 rings (SSSR count). The van der Waals surface area contributed by atoms with Gasteiger partial charge in [-0.15, -0.1) is 0 Å². The lowest BCUT2D eigenvalue weighted by atomic mass is 10.1. The highest BCUT2D eigenvalue weighted by Gasteiger charge is 2.13. The van der Waals surface area contributed by atoms with Crippen molar-refractivity contribution in [3.63, 3.8) is 0 Å². The van der Waals surface area contributed by atoms with Gasteiger partial charge in [-0.3, -0.25) is 0 Å². The minimum atomic E-state index is 0.132. The van der Waals surface area contributed by atoms with Crippen LogP contribution in [-0.2, 0) is 0 Å². The van der Waals surface area contributed by atoms with Gasteiger partial charge in [0.1, 0.15) is 13.2 Å². The lowest BCUT2D eigenvalue weighted by Gasteiger charge is -2.20. The molecule has 23 heavy (non-hydrogen) atoms. The lowest BCUT2D eigenvalue weighted by Crippen LogP contribution is -2.30. The SMILES string of the molecule is Cc1ccc(C(C)NC(=S)Nc2ccc3c(c2)OCCO3)cc1. The van der Waals surface area contributed by atoms with Crippen LogP contribution in [0.25, 0.3) is 0 Å². The fourth-order valence-corrected chi connectivity index (χ4v) is 2.72. The second-order valence-electron chi connectivity index (χ2n) is 5.59. The minimum absolute atomic E-state index is 0.132. The average molecular weight is 328 g/mol. The summed E-state index contributed by atoms with van der Waals surface area (Å²) in [5, 5.41) is 7.06. The maximum atomic E-state index is 5.58. The van der Waals surface area contributed by atoms with Crippen LogP contribution in [0, 0.1) is 6.92 Å². The molecule has 0 fully saturated rings. The van der Waals surface area contributed by atoms with Gasteiger partial charge in [0.05, 0.1) is 6.04 Å². The summed E-state index contributed by atoms with van der Waals surface area (Å²) in [6.07, 6.45) is 0. The number of aryl methyl sites for hydroxylation is 1. The number of nitrogens with one attached hydrogen (secondary N) is 2. The number of hydrogen-bond donors (Lipinski definition) is 2. The third kappa shape index (κ3) is 3.93. The van der Waals surface area contributed by atoms with Crippen molar-refractivity contribution in [3.05, 3.63) is 53.6 Å². The van der Waals surface area contributed by atoms with Crippen molar-refractivity contribution in [2.75, 3.05) is 18.5 Å². The van der Waals surface area contributed by atoms with Crippen molar-refractivity contribution in [1.29, 1.82) is 0 Å². The van der Waals surface area contributed by atoms with Crippen molar-refractivity contribution in [3.8, 4) is 11.5 Å². The van der Waals surface area contributed by atoms with Gasteiger partial charge in [-0.1, -0.05) is 29.8 Å². The Morgan fingerprint density at radius 1 is 1.04 bits per heavy atom. The van der Waals surface area contributed by atoms with Crippen molar-refractivity contribution in [1.82, 2.24) is 5.32 Å². The molecule has 0 saturated heterocycles. The summed E-state index contributed by atoms with van der Waals surface area (Å²) in [6.45, 7) is 5.33. The first kappa shape index (κ1) is 15.6. The summed E-state index contributed by atoms with van der Waals surface area (Å²) < 4.78 is 11.1. The molecule has 1 aliphatic heterocycles. The molecule has 1 aliphatic rings. The third-order valence-electron chi connectivity index (χ3n) is 3.72. The molecule has 2 aromatic carbocycles. The largest absolute Gasteiger partial charge is 0.486 e. The summed E-state index contributed by atoms with van der Waals surface area (Å²) >= 11 is 5.40. The number of rotatable bonds is 3. The zero-order valence-electron chi connectivity index (χ0n) is 13.3. The van der Waals surface area contributed by atoms with Gasteiger partial charge in [0.2, 0.25) is 0 Å². The first-order chi connectivity index (χ1) is 11.1. The Balaban J connectivity index is 1.61. The Labute approximate surface area is 141 Å². The average Bonchev–Trinajstić information content (AvgIpc) is 2.55. The molecule has 2 aromatic rings. The molecule has 120 valence electrons. The number of anilines is 1. The van der Waals surface area contributed by atoms with E-state index >= 15 is 0 Å². The van der Waals surface area contributed by atoms with Crippen molar-refractivity contribution < 1.29 is 9.47 Å². The second kappa shape index (κ2) is 6.87. The topological polar surface area (TPSA) is 42.5 Å². The van der Waals surface area contributed by atoms with Crippen LogP contribution >= 0.6 is 12.2 Å². The molecule has 0 saturated carbocycles. The number of ether oxygens (including phenoxy) is 2. The maximum Gasteiger partial charge on any atom is 0.171 e. The first-order valence-corrected chi connectivity index (χ1v) is 8.06. The molecule has 1 unspecified atom stereocenters. The van der Waals surface area contributed by atoms with E-state index in [1.807, 2.05) is 18.2 Å². The predicted octanol–water partition coefficient (Wildman–Crippen LogP) is 3.81. The van der Waals surface area contributed by atoms with Gasteiger partial charge in [-0.2, -0.15) is 0 Å². The van der Waals surface area contributed by atoms with Gasteiger partial charge < -0.3 is 20.1 Å². The van der Waals surface area contributed by atoms with Crippen LogP contribution in [0.3, 0.4) is 0 Å². The lowest BCUT2D eigenvalue weighted by molar-refractivity contribution is 0.171. The zero-order chi connectivity index (χ0) is 16.2. The quantitative estimate of drug-likeness (QED) is 0.839. The molecule has 0 radical (unpaired) electrons.